The number of carbonyl (C=O) groups is 2. The molecule has 17 heavy (non-hydrogen) atoms. The van der Waals surface area contributed by atoms with Gasteiger partial charge in [0.05, 0.1) is 0 Å². The van der Waals surface area contributed by atoms with Crippen molar-refractivity contribution >= 4 is 12.0 Å². The van der Waals surface area contributed by atoms with E-state index in [0.29, 0.717) is 13.0 Å². The molecule has 0 unspecified atom stereocenters. The van der Waals surface area contributed by atoms with E-state index in [1.54, 1.807) is 27.7 Å². The molecule has 0 fully saturated rings. The van der Waals surface area contributed by atoms with Crippen molar-refractivity contribution in [2.75, 3.05) is 6.54 Å². The maximum Gasteiger partial charge on any atom is 0.326 e. The Hall–Kier alpha value is -1.70. The van der Waals surface area contributed by atoms with Gasteiger partial charge in [0.15, 0.2) is 0 Å². The van der Waals surface area contributed by atoms with Crippen LogP contribution in [-0.4, -0.2) is 29.7 Å². The number of carboxylic acids is 1. The Morgan fingerprint density at radius 3 is 2.35 bits per heavy atom. The smallest absolute Gasteiger partial charge is 0.326 e. The quantitative estimate of drug-likeness (QED) is 0.510. The largest absolute Gasteiger partial charge is 0.480 e. The molecule has 0 saturated carbocycles. The summed E-state index contributed by atoms with van der Waals surface area (Å²) in [6.07, 6.45) is 0.553. The van der Waals surface area contributed by atoms with E-state index in [9.17, 15) is 9.59 Å². The lowest BCUT2D eigenvalue weighted by molar-refractivity contribution is -0.141. The molecule has 0 saturated heterocycles. The van der Waals surface area contributed by atoms with Gasteiger partial charge in [-0.2, -0.15) is 0 Å². The predicted molar refractivity (Wildman–Crippen MR) is 65.5 cm³/mol. The molecule has 1 atom stereocenters. The summed E-state index contributed by atoms with van der Waals surface area (Å²) >= 11 is 0. The van der Waals surface area contributed by atoms with Crippen LogP contribution in [0.25, 0.3) is 0 Å². The number of carboxylic acid groups (broad SMARTS) is 1. The number of hydrogen-bond acceptors (Lipinski definition) is 2. The molecule has 0 rings (SSSR count). The Kier molecular flexibility index (Phi) is 6.11. The van der Waals surface area contributed by atoms with Gasteiger partial charge in [-0.25, -0.2) is 9.59 Å². The van der Waals surface area contributed by atoms with Crippen LogP contribution in [-0.2, 0) is 4.79 Å². The fourth-order valence-corrected chi connectivity index (χ4v) is 1.19. The van der Waals surface area contributed by atoms with Gasteiger partial charge in [0.1, 0.15) is 6.04 Å². The number of amides is 2. The maximum absolute atomic E-state index is 11.4. The monoisotopic (exact) mass is 240 g/mol. The van der Waals surface area contributed by atoms with Gasteiger partial charge in [0.25, 0.3) is 0 Å². The van der Waals surface area contributed by atoms with Crippen LogP contribution in [0.15, 0.2) is 0 Å². The summed E-state index contributed by atoms with van der Waals surface area (Å²) in [6.45, 7) is 7.40. The van der Waals surface area contributed by atoms with Crippen molar-refractivity contribution in [2.24, 2.45) is 5.41 Å². The van der Waals surface area contributed by atoms with E-state index in [2.05, 4.69) is 22.5 Å². The Bertz CT molecular complexity index is 334. The van der Waals surface area contributed by atoms with Crippen LogP contribution in [0, 0.1) is 17.3 Å². The van der Waals surface area contributed by atoms with Crippen molar-refractivity contribution in [3.63, 3.8) is 0 Å². The lowest BCUT2D eigenvalue weighted by atomic mass is 9.87. The first kappa shape index (κ1) is 15.3. The van der Waals surface area contributed by atoms with E-state index in [1.165, 1.54) is 0 Å². The summed E-state index contributed by atoms with van der Waals surface area (Å²) in [5.74, 6) is 4.47. The topological polar surface area (TPSA) is 78.4 Å². The Morgan fingerprint density at radius 1 is 1.35 bits per heavy atom. The van der Waals surface area contributed by atoms with Crippen molar-refractivity contribution in [3.8, 4) is 11.8 Å². The third-order valence-electron chi connectivity index (χ3n) is 2.10. The summed E-state index contributed by atoms with van der Waals surface area (Å²) in [6, 6.07) is -1.40. The zero-order valence-electron chi connectivity index (χ0n) is 10.8. The molecule has 0 aromatic carbocycles. The highest BCUT2D eigenvalue weighted by Crippen LogP contribution is 2.19. The van der Waals surface area contributed by atoms with Crippen molar-refractivity contribution < 1.29 is 14.7 Å². The second-order valence-corrected chi connectivity index (χ2v) is 4.71. The van der Waals surface area contributed by atoms with Gasteiger partial charge in [0.2, 0.25) is 0 Å². The fraction of sp³-hybridized carbons (Fsp3) is 0.667. The summed E-state index contributed by atoms with van der Waals surface area (Å²) in [5.41, 5.74) is -0.535. The van der Waals surface area contributed by atoms with E-state index in [4.69, 9.17) is 5.11 Å². The minimum atomic E-state index is -1.04. The highest BCUT2D eigenvalue weighted by atomic mass is 16.4. The number of nitrogens with one attached hydrogen (secondary N) is 2. The molecule has 0 radical (unpaired) electrons. The number of rotatable bonds is 4. The standard InChI is InChI=1S/C12H20N2O3/c1-5-6-7-8-13-11(17)14-9(10(15)16)12(2,3)4/h9H,7-8H2,1-4H3,(H,15,16)(H2,13,14,17)/t9-/m1/s1. The number of aliphatic carboxylic acids is 1. The molecule has 0 heterocycles. The van der Waals surface area contributed by atoms with E-state index in [-0.39, 0.29) is 0 Å². The van der Waals surface area contributed by atoms with Crippen LogP contribution < -0.4 is 10.6 Å². The molecule has 0 aliphatic rings. The molecular weight excluding hydrogens is 220 g/mol. The van der Waals surface area contributed by atoms with E-state index < -0.39 is 23.5 Å². The normalized spacial score (nSPS) is 12.0. The molecule has 0 spiro atoms. The molecule has 3 N–H and O–H groups in total. The number of urea groups is 1. The lowest BCUT2D eigenvalue weighted by Crippen LogP contribution is -2.52. The highest BCUT2D eigenvalue weighted by molar-refractivity contribution is 5.83. The van der Waals surface area contributed by atoms with Crippen LogP contribution in [0.2, 0.25) is 0 Å². The first-order valence-corrected chi connectivity index (χ1v) is 5.45. The Morgan fingerprint density at radius 2 is 1.94 bits per heavy atom. The molecule has 0 aliphatic heterocycles. The van der Waals surface area contributed by atoms with Crippen LogP contribution in [0.1, 0.15) is 34.1 Å². The molecule has 0 aliphatic carbocycles. The predicted octanol–water partition coefficient (Wildman–Crippen LogP) is 1.20. The Balaban J connectivity index is 4.22. The van der Waals surface area contributed by atoms with Gasteiger partial charge in [0, 0.05) is 13.0 Å². The van der Waals surface area contributed by atoms with Gasteiger partial charge in [-0.05, 0) is 12.3 Å². The number of hydrogen-bond donors (Lipinski definition) is 3. The molecule has 5 nitrogen and oxygen atoms in total. The zero-order chi connectivity index (χ0) is 13.5. The summed E-state index contributed by atoms with van der Waals surface area (Å²) in [7, 11) is 0. The van der Waals surface area contributed by atoms with Gasteiger partial charge in [-0.3, -0.25) is 0 Å². The van der Waals surface area contributed by atoms with Crippen LogP contribution in [0.5, 0.6) is 0 Å². The van der Waals surface area contributed by atoms with Gasteiger partial charge < -0.3 is 15.7 Å². The van der Waals surface area contributed by atoms with Crippen molar-refractivity contribution in [3.05, 3.63) is 0 Å². The molecular formula is C12H20N2O3. The molecule has 96 valence electrons. The fourth-order valence-electron chi connectivity index (χ4n) is 1.19. The van der Waals surface area contributed by atoms with Gasteiger partial charge >= 0.3 is 12.0 Å². The SMILES string of the molecule is CC#CCCNC(=O)N[C@H](C(=O)O)C(C)(C)C. The minimum Gasteiger partial charge on any atom is -0.480 e. The minimum absolute atomic E-state index is 0.406. The van der Waals surface area contributed by atoms with Gasteiger partial charge in [-0.1, -0.05) is 20.8 Å². The van der Waals surface area contributed by atoms with Crippen molar-refractivity contribution in [1.29, 1.82) is 0 Å². The first-order chi connectivity index (χ1) is 7.79. The third kappa shape index (κ3) is 6.46. The van der Waals surface area contributed by atoms with Crippen LogP contribution >= 0.6 is 0 Å². The Labute approximate surface area is 102 Å². The summed E-state index contributed by atoms with van der Waals surface area (Å²) < 4.78 is 0. The molecule has 0 aromatic heterocycles. The van der Waals surface area contributed by atoms with Crippen LogP contribution in [0.4, 0.5) is 4.79 Å². The summed E-state index contributed by atoms with van der Waals surface area (Å²) in [4.78, 5) is 22.4. The average Bonchev–Trinajstić information content (AvgIpc) is 2.19. The number of carbonyl (C=O) groups excluding carboxylic acids is 1. The second-order valence-electron chi connectivity index (χ2n) is 4.71. The second kappa shape index (κ2) is 6.79. The maximum atomic E-state index is 11.4. The van der Waals surface area contributed by atoms with E-state index >= 15 is 0 Å². The van der Waals surface area contributed by atoms with Gasteiger partial charge in [-0.15, -0.1) is 11.8 Å². The zero-order valence-corrected chi connectivity index (χ0v) is 10.8. The van der Waals surface area contributed by atoms with Crippen molar-refractivity contribution in [2.45, 2.75) is 40.2 Å². The van der Waals surface area contributed by atoms with Crippen LogP contribution in [0.3, 0.4) is 0 Å². The molecule has 0 aromatic rings. The molecule has 0 bridgehead atoms. The lowest BCUT2D eigenvalue weighted by Gasteiger charge is -2.27. The third-order valence-corrected chi connectivity index (χ3v) is 2.10. The highest BCUT2D eigenvalue weighted by Gasteiger charge is 2.32. The average molecular weight is 240 g/mol. The van der Waals surface area contributed by atoms with E-state index in [0.717, 1.165) is 0 Å². The molecule has 2 amide bonds. The first-order valence-electron chi connectivity index (χ1n) is 5.45. The van der Waals surface area contributed by atoms with E-state index in [1.807, 2.05) is 0 Å². The van der Waals surface area contributed by atoms with Crippen molar-refractivity contribution in [1.82, 2.24) is 10.6 Å². The molecule has 5 heteroatoms. The summed E-state index contributed by atoms with van der Waals surface area (Å²) in [5, 5.41) is 14.0.